The van der Waals surface area contributed by atoms with E-state index in [1.165, 1.54) is 0 Å². The third-order valence-electron chi connectivity index (χ3n) is 3.40. The number of ether oxygens (including phenoxy) is 4. The van der Waals surface area contributed by atoms with Gasteiger partial charge in [-0.05, 0) is 12.8 Å². The molecule has 1 heterocycles. The van der Waals surface area contributed by atoms with Crippen LogP contribution in [0.4, 0.5) is 0 Å². The quantitative estimate of drug-likeness (QED) is 0.339. The van der Waals surface area contributed by atoms with Crippen molar-refractivity contribution in [3.05, 3.63) is 0 Å². The fraction of sp³-hybridized carbons (Fsp3) is 0.929. The average Bonchev–Trinajstić information content (AvgIpc) is 2.47. The van der Waals surface area contributed by atoms with E-state index in [-0.39, 0.29) is 6.79 Å². The van der Waals surface area contributed by atoms with Crippen molar-refractivity contribution in [3.8, 4) is 0 Å². The number of carbonyl (C=O) groups excluding carboxylic acids is 1. The van der Waals surface area contributed by atoms with Crippen LogP contribution in [-0.4, -0.2) is 67.7 Å². The highest BCUT2D eigenvalue weighted by atomic mass is 16.7. The largest absolute Gasteiger partial charge is 0.458 e. The van der Waals surface area contributed by atoms with Gasteiger partial charge in [0.1, 0.15) is 25.1 Å². The fourth-order valence-corrected chi connectivity index (χ4v) is 2.18. The molecule has 0 aromatic heterocycles. The van der Waals surface area contributed by atoms with Crippen LogP contribution in [0.15, 0.2) is 0 Å². The Balaban J connectivity index is 2.48. The van der Waals surface area contributed by atoms with Crippen LogP contribution in [0, 0.1) is 0 Å². The number of hydrogen-bond acceptors (Lipinski definition) is 7. The van der Waals surface area contributed by atoms with Crippen LogP contribution in [0.1, 0.15) is 32.6 Å². The zero-order valence-corrected chi connectivity index (χ0v) is 12.7. The number of cyclic esters (lactones) is 1. The van der Waals surface area contributed by atoms with Gasteiger partial charge >= 0.3 is 5.97 Å². The minimum Gasteiger partial charge on any atom is -0.458 e. The van der Waals surface area contributed by atoms with E-state index in [1.807, 2.05) is 0 Å². The lowest BCUT2D eigenvalue weighted by Crippen LogP contribution is -2.56. The summed E-state index contributed by atoms with van der Waals surface area (Å²) in [5.74, 6) is -0.802. The van der Waals surface area contributed by atoms with Gasteiger partial charge in [0.2, 0.25) is 0 Å². The molecular weight excluding hydrogens is 280 g/mol. The van der Waals surface area contributed by atoms with Gasteiger partial charge < -0.3 is 29.2 Å². The Labute approximate surface area is 125 Å². The van der Waals surface area contributed by atoms with Gasteiger partial charge in [-0.2, -0.15) is 0 Å². The van der Waals surface area contributed by atoms with E-state index in [9.17, 15) is 15.0 Å². The van der Waals surface area contributed by atoms with Crippen LogP contribution in [-0.2, 0) is 23.7 Å². The van der Waals surface area contributed by atoms with E-state index >= 15 is 0 Å². The normalized spacial score (nSPS) is 29.4. The lowest BCUT2D eigenvalue weighted by Gasteiger charge is -2.37. The minimum absolute atomic E-state index is 0.0559. The van der Waals surface area contributed by atoms with Crippen LogP contribution in [0.25, 0.3) is 0 Å². The molecule has 0 spiro atoms. The molecule has 2 N–H and O–H groups in total. The van der Waals surface area contributed by atoms with Crippen LogP contribution >= 0.6 is 0 Å². The SMILES string of the molecule is CCCCC[C@@H]1OC(=O)[C@@H](O)[C@@H](O)[C@@H]1OCOCCOC. The predicted molar refractivity (Wildman–Crippen MR) is 73.6 cm³/mol. The Hall–Kier alpha value is -0.730. The maximum atomic E-state index is 11.5. The smallest absolute Gasteiger partial charge is 0.338 e. The van der Waals surface area contributed by atoms with Gasteiger partial charge in [-0.25, -0.2) is 4.79 Å². The monoisotopic (exact) mass is 306 g/mol. The molecular formula is C14H26O7. The summed E-state index contributed by atoms with van der Waals surface area (Å²) < 4.78 is 20.6. The first-order chi connectivity index (χ1) is 10.1. The van der Waals surface area contributed by atoms with Crippen molar-refractivity contribution in [2.45, 2.75) is 57.0 Å². The molecule has 1 saturated heterocycles. The maximum Gasteiger partial charge on any atom is 0.338 e. The Bertz CT molecular complexity index is 297. The molecule has 7 heteroatoms. The van der Waals surface area contributed by atoms with E-state index in [0.29, 0.717) is 19.6 Å². The first kappa shape index (κ1) is 18.3. The first-order valence-corrected chi connectivity index (χ1v) is 7.36. The molecule has 0 bridgehead atoms. The van der Waals surface area contributed by atoms with Crippen molar-refractivity contribution >= 4 is 5.97 Å². The number of aliphatic hydroxyl groups excluding tert-OH is 2. The van der Waals surface area contributed by atoms with Gasteiger partial charge in [0.05, 0.1) is 13.2 Å². The van der Waals surface area contributed by atoms with Crippen LogP contribution in [0.5, 0.6) is 0 Å². The number of hydrogen-bond donors (Lipinski definition) is 2. The summed E-state index contributed by atoms with van der Waals surface area (Å²) in [6.45, 7) is 2.82. The van der Waals surface area contributed by atoms with E-state index in [4.69, 9.17) is 18.9 Å². The van der Waals surface area contributed by atoms with E-state index in [1.54, 1.807) is 7.11 Å². The molecule has 1 aliphatic rings. The van der Waals surface area contributed by atoms with Gasteiger partial charge in [-0.1, -0.05) is 19.8 Å². The molecule has 0 aromatic carbocycles. The highest BCUT2D eigenvalue weighted by Gasteiger charge is 2.44. The number of esters is 1. The highest BCUT2D eigenvalue weighted by Crippen LogP contribution is 2.24. The van der Waals surface area contributed by atoms with Crippen molar-refractivity contribution in [1.82, 2.24) is 0 Å². The van der Waals surface area contributed by atoms with Crippen molar-refractivity contribution in [1.29, 1.82) is 0 Å². The van der Waals surface area contributed by atoms with Crippen molar-refractivity contribution in [2.75, 3.05) is 27.1 Å². The van der Waals surface area contributed by atoms with Crippen LogP contribution < -0.4 is 0 Å². The molecule has 7 nitrogen and oxygen atoms in total. The molecule has 0 amide bonds. The number of carbonyl (C=O) groups is 1. The lowest BCUT2D eigenvalue weighted by atomic mass is 9.95. The van der Waals surface area contributed by atoms with E-state index in [2.05, 4.69) is 6.92 Å². The van der Waals surface area contributed by atoms with Gasteiger partial charge in [0.15, 0.2) is 6.10 Å². The number of rotatable bonds is 10. The van der Waals surface area contributed by atoms with Crippen LogP contribution in [0.2, 0.25) is 0 Å². The van der Waals surface area contributed by atoms with Gasteiger partial charge in [-0.3, -0.25) is 0 Å². The number of aliphatic hydroxyl groups is 2. The van der Waals surface area contributed by atoms with Crippen LogP contribution in [0.3, 0.4) is 0 Å². The summed E-state index contributed by atoms with van der Waals surface area (Å²) in [5, 5.41) is 19.6. The average molecular weight is 306 g/mol. The van der Waals surface area contributed by atoms with Crippen molar-refractivity contribution in [2.24, 2.45) is 0 Å². The summed E-state index contributed by atoms with van der Waals surface area (Å²) in [6, 6.07) is 0. The molecule has 124 valence electrons. The zero-order valence-electron chi connectivity index (χ0n) is 12.7. The summed E-state index contributed by atoms with van der Waals surface area (Å²) >= 11 is 0. The first-order valence-electron chi connectivity index (χ1n) is 7.36. The van der Waals surface area contributed by atoms with Gasteiger partial charge in [0.25, 0.3) is 0 Å². The van der Waals surface area contributed by atoms with Gasteiger partial charge in [-0.15, -0.1) is 0 Å². The second-order valence-corrected chi connectivity index (χ2v) is 5.06. The summed E-state index contributed by atoms with van der Waals surface area (Å²) in [5.41, 5.74) is 0. The van der Waals surface area contributed by atoms with Gasteiger partial charge in [0, 0.05) is 7.11 Å². The molecule has 1 rings (SSSR count). The second kappa shape index (κ2) is 10.1. The van der Waals surface area contributed by atoms with Crippen molar-refractivity contribution < 1.29 is 34.0 Å². The summed E-state index contributed by atoms with van der Waals surface area (Å²) in [7, 11) is 1.56. The molecule has 1 fully saturated rings. The predicted octanol–water partition coefficient (Wildman–Crippen LogP) is 0.220. The molecule has 1 aliphatic heterocycles. The molecule has 0 saturated carbocycles. The molecule has 0 radical (unpaired) electrons. The molecule has 0 aromatic rings. The molecule has 0 aliphatic carbocycles. The molecule has 21 heavy (non-hydrogen) atoms. The third-order valence-corrected chi connectivity index (χ3v) is 3.40. The Morgan fingerprint density at radius 3 is 2.67 bits per heavy atom. The lowest BCUT2D eigenvalue weighted by molar-refractivity contribution is -0.227. The van der Waals surface area contributed by atoms with Crippen molar-refractivity contribution in [3.63, 3.8) is 0 Å². The summed E-state index contributed by atoms with van der Waals surface area (Å²) in [6.07, 6.45) is -0.722. The number of unbranched alkanes of at least 4 members (excludes halogenated alkanes) is 2. The standard InChI is InChI=1S/C14H26O7/c1-3-4-5-6-10-13(20-9-19-8-7-18-2)11(15)12(16)14(17)21-10/h10-13,15-16H,3-9H2,1-2H3/t10-,11+,12-,13+/m0/s1. The number of methoxy groups -OCH3 is 1. The Morgan fingerprint density at radius 1 is 1.24 bits per heavy atom. The fourth-order valence-electron chi connectivity index (χ4n) is 2.18. The molecule has 4 atom stereocenters. The topological polar surface area (TPSA) is 94.5 Å². The van der Waals surface area contributed by atoms with E-state index < -0.39 is 30.4 Å². The Morgan fingerprint density at radius 2 is 2.00 bits per heavy atom. The zero-order chi connectivity index (χ0) is 15.7. The Kier molecular flexibility index (Phi) is 8.79. The highest BCUT2D eigenvalue weighted by molar-refractivity contribution is 5.76. The third kappa shape index (κ3) is 5.88. The maximum absolute atomic E-state index is 11.5. The second-order valence-electron chi connectivity index (χ2n) is 5.06. The summed E-state index contributed by atoms with van der Waals surface area (Å²) in [4.78, 5) is 11.5. The van der Waals surface area contributed by atoms with E-state index in [0.717, 1.165) is 19.3 Å². The minimum atomic E-state index is -1.57. The molecule has 0 unspecified atom stereocenters.